The summed E-state index contributed by atoms with van der Waals surface area (Å²) >= 11 is 8.71. The number of nitrogens with one attached hydrogen (secondary N) is 1. The van der Waals surface area contributed by atoms with E-state index in [1.807, 2.05) is 24.3 Å². The second-order valence-electron chi connectivity index (χ2n) is 1.60. The Morgan fingerprint density at radius 1 is 1.22 bits per heavy atom. The maximum atomic E-state index is 5.63. The molecule has 0 saturated heterocycles. The highest BCUT2D eigenvalue weighted by Crippen LogP contribution is 2.13. The molecule has 1 nitrogen and oxygen atoms in total. The SMILES string of the molecule is Clc1ccc(NBr)cc1. The zero-order valence-electron chi connectivity index (χ0n) is 4.57. The third-order valence-corrected chi connectivity index (χ3v) is 1.66. The van der Waals surface area contributed by atoms with Gasteiger partial charge in [-0.15, -0.1) is 0 Å². The molecular formula is C6H5BrClN. The van der Waals surface area contributed by atoms with Gasteiger partial charge in [0.1, 0.15) is 0 Å². The Labute approximate surface area is 67.4 Å². The van der Waals surface area contributed by atoms with Crippen molar-refractivity contribution in [2.75, 3.05) is 4.34 Å². The highest BCUT2D eigenvalue weighted by molar-refractivity contribution is 9.10. The molecule has 0 heterocycles. The Hall–Kier alpha value is -0.210. The first-order valence-corrected chi connectivity index (χ1v) is 3.62. The number of rotatable bonds is 1. The summed E-state index contributed by atoms with van der Waals surface area (Å²) in [6.07, 6.45) is 0. The van der Waals surface area contributed by atoms with Crippen LogP contribution in [-0.2, 0) is 0 Å². The Morgan fingerprint density at radius 3 is 2.22 bits per heavy atom. The molecule has 0 aromatic heterocycles. The molecule has 0 saturated carbocycles. The van der Waals surface area contributed by atoms with Crippen LogP contribution >= 0.6 is 27.7 Å². The van der Waals surface area contributed by atoms with Crippen molar-refractivity contribution < 1.29 is 0 Å². The van der Waals surface area contributed by atoms with Crippen LogP contribution in [0, 0.1) is 0 Å². The van der Waals surface area contributed by atoms with E-state index in [4.69, 9.17) is 11.6 Å². The van der Waals surface area contributed by atoms with Crippen molar-refractivity contribution in [2.45, 2.75) is 0 Å². The molecule has 1 aromatic carbocycles. The standard InChI is InChI=1S/C6H5BrClN/c7-9-6-3-1-5(8)2-4-6/h1-4,9H. The van der Waals surface area contributed by atoms with E-state index in [9.17, 15) is 0 Å². The number of benzene rings is 1. The van der Waals surface area contributed by atoms with Gasteiger partial charge in [0.15, 0.2) is 0 Å². The molecule has 0 unspecified atom stereocenters. The third kappa shape index (κ3) is 1.88. The van der Waals surface area contributed by atoms with Crippen LogP contribution in [0.2, 0.25) is 5.02 Å². The fraction of sp³-hybridized carbons (Fsp3) is 0. The highest BCUT2D eigenvalue weighted by Gasteiger charge is 1.86. The lowest BCUT2D eigenvalue weighted by Crippen LogP contribution is -1.75. The largest absolute Gasteiger partial charge is 0.322 e. The molecule has 0 spiro atoms. The third-order valence-electron chi connectivity index (χ3n) is 0.953. The lowest BCUT2D eigenvalue weighted by atomic mass is 10.3. The summed E-state index contributed by atoms with van der Waals surface area (Å²) < 4.78 is 2.81. The summed E-state index contributed by atoms with van der Waals surface area (Å²) in [5, 5.41) is 0.751. The van der Waals surface area contributed by atoms with E-state index in [0.29, 0.717) is 0 Å². The molecule has 0 bridgehead atoms. The summed E-state index contributed by atoms with van der Waals surface area (Å²) in [5.74, 6) is 0. The summed E-state index contributed by atoms with van der Waals surface area (Å²) in [5.41, 5.74) is 0.999. The van der Waals surface area contributed by atoms with Gasteiger partial charge < -0.3 is 4.34 Å². The zero-order chi connectivity index (χ0) is 6.69. The van der Waals surface area contributed by atoms with Crippen molar-refractivity contribution in [3.05, 3.63) is 29.3 Å². The van der Waals surface area contributed by atoms with Gasteiger partial charge in [-0.2, -0.15) is 0 Å². The van der Waals surface area contributed by atoms with Crippen molar-refractivity contribution in [3.63, 3.8) is 0 Å². The smallest absolute Gasteiger partial charge is 0.0465 e. The molecule has 1 N–H and O–H groups in total. The Bertz CT molecular complexity index is 185. The first-order chi connectivity index (χ1) is 4.33. The zero-order valence-corrected chi connectivity index (χ0v) is 6.91. The lowest BCUT2D eigenvalue weighted by molar-refractivity contribution is 1.69. The van der Waals surface area contributed by atoms with E-state index in [1.165, 1.54) is 0 Å². The van der Waals surface area contributed by atoms with E-state index in [0.717, 1.165) is 10.7 Å². The molecule has 0 aliphatic carbocycles. The number of anilines is 1. The highest BCUT2D eigenvalue weighted by atomic mass is 79.9. The number of halogens is 2. The predicted molar refractivity (Wildman–Crippen MR) is 44.0 cm³/mol. The van der Waals surface area contributed by atoms with E-state index >= 15 is 0 Å². The molecule has 1 rings (SSSR count). The van der Waals surface area contributed by atoms with Crippen LogP contribution in [0.25, 0.3) is 0 Å². The number of hydrogen-bond donors (Lipinski definition) is 1. The van der Waals surface area contributed by atoms with E-state index in [-0.39, 0.29) is 0 Å². The van der Waals surface area contributed by atoms with E-state index in [2.05, 4.69) is 20.5 Å². The lowest BCUT2D eigenvalue weighted by Gasteiger charge is -1.94. The second kappa shape index (κ2) is 3.08. The van der Waals surface area contributed by atoms with Crippen LogP contribution in [0.15, 0.2) is 24.3 Å². The second-order valence-corrected chi connectivity index (χ2v) is 2.43. The summed E-state index contributed by atoms with van der Waals surface area (Å²) in [6.45, 7) is 0. The fourth-order valence-corrected chi connectivity index (χ4v) is 0.903. The van der Waals surface area contributed by atoms with E-state index < -0.39 is 0 Å². The van der Waals surface area contributed by atoms with Crippen LogP contribution in [0.3, 0.4) is 0 Å². The molecule has 3 heteroatoms. The summed E-state index contributed by atoms with van der Waals surface area (Å²) in [7, 11) is 0. The van der Waals surface area contributed by atoms with Crippen LogP contribution < -0.4 is 4.34 Å². The van der Waals surface area contributed by atoms with Crippen LogP contribution in [-0.4, -0.2) is 0 Å². The molecule has 0 aliphatic rings. The van der Waals surface area contributed by atoms with Crippen LogP contribution in [0.4, 0.5) is 5.69 Å². The normalized spacial score (nSPS) is 9.11. The maximum Gasteiger partial charge on any atom is 0.0465 e. The van der Waals surface area contributed by atoms with Gasteiger partial charge >= 0.3 is 0 Å². The van der Waals surface area contributed by atoms with Gasteiger partial charge in [0.2, 0.25) is 0 Å². The van der Waals surface area contributed by atoms with Crippen LogP contribution in [0.1, 0.15) is 0 Å². The van der Waals surface area contributed by atoms with Crippen molar-refractivity contribution >= 4 is 33.4 Å². The van der Waals surface area contributed by atoms with Crippen molar-refractivity contribution in [2.24, 2.45) is 0 Å². The van der Waals surface area contributed by atoms with Gasteiger partial charge in [0.05, 0.1) is 0 Å². The van der Waals surface area contributed by atoms with Crippen molar-refractivity contribution in [1.82, 2.24) is 0 Å². The Morgan fingerprint density at radius 2 is 1.78 bits per heavy atom. The monoisotopic (exact) mass is 205 g/mol. The van der Waals surface area contributed by atoms with Gasteiger partial charge in [-0.1, -0.05) is 11.6 Å². The van der Waals surface area contributed by atoms with E-state index in [1.54, 1.807) is 0 Å². The number of hydrogen-bond acceptors (Lipinski definition) is 1. The maximum absolute atomic E-state index is 5.63. The molecule has 0 radical (unpaired) electrons. The summed E-state index contributed by atoms with van der Waals surface area (Å²) in [4.78, 5) is 0. The van der Waals surface area contributed by atoms with Gasteiger partial charge in [0, 0.05) is 26.9 Å². The van der Waals surface area contributed by atoms with Crippen molar-refractivity contribution in [3.8, 4) is 0 Å². The molecule has 0 atom stereocenters. The molecule has 9 heavy (non-hydrogen) atoms. The van der Waals surface area contributed by atoms with Crippen molar-refractivity contribution in [1.29, 1.82) is 0 Å². The summed E-state index contributed by atoms with van der Waals surface area (Å²) in [6, 6.07) is 7.42. The molecule has 48 valence electrons. The molecular weight excluding hydrogens is 201 g/mol. The quantitative estimate of drug-likeness (QED) is 0.697. The Balaban J connectivity index is 2.88. The van der Waals surface area contributed by atoms with Gasteiger partial charge in [-0.05, 0) is 24.3 Å². The average Bonchev–Trinajstić information content (AvgIpc) is 1.90. The first-order valence-electron chi connectivity index (χ1n) is 2.45. The molecule has 0 amide bonds. The van der Waals surface area contributed by atoms with Gasteiger partial charge in [-0.3, -0.25) is 0 Å². The molecule has 0 aliphatic heterocycles. The first kappa shape index (κ1) is 6.90. The Kier molecular flexibility index (Phi) is 2.37. The van der Waals surface area contributed by atoms with Gasteiger partial charge in [0.25, 0.3) is 0 Å². The minimum Gasteiger partial charge on any atom is -0.322 e. The average molecular weight is 206 g/mol. The topological polar surface area (TPSA) is 12.0 Å². The molecule has 1 aromatic rings. The van der Waals surface area contributed by atoms with Gasteiger partial charge in [-0.25, -0.2) is 0 Å². The van der Waals surface area contributed by atoms with Crippen LogP contribution in [0.5, 0.6) is 0 Å². The predicted octanol–water partition coefficient (Wildman–Crippen LogP) is 3.06. The fourth-order valence-electron chi connectivity index (χ4n) is 0.513. The molecule has 0 fully saturated rings. The minimum atomic E-state index is 0.751. The minimum absolute atomic E-state index is 0.751.